The number of ether oxygens (including phenoxy) is 1. The van der Waals surface area contributed by atoms with Crippen LogP contribution in [0.4, 0.5) is 0 Å². The average Bonchev–Trinajstić information content (AvgIpc) is 2.95. The first-order valence-electron chi connectivity index (χ1n) is 6.51. The van der Waals surface area contributed by atoms with Crippen molar-refractivity contribution < 1.29 is 9.84 Å². The van der Waals surface area contributed by atoms with E-state index in [0.29, 0.717) is 11.5 Å². The molecule has 0 aliphatic rings. The third kappa shape index (κ3) is 2.86. The highest BCUT2D eigenvalue weighted by molar-refractivity contribution is 7.98. The van der Waals surface area contributed by atoms with E-state index in [1.165, 1.54) is 0 Å². The number of aliphatic hydroxyl groups excluding tert-OH is 1. The summed E-state index contributed by atoms with van der Waals surface area (Å²) in [6, 6.07) is 9.66. The van der Waals surface area contributed by atoms with Crippen LogP contribution in [0.2, 0.25) is 0 Å². The highest BCUT2D eigenvalue weighted by atomic mass is 32.2. The zero-order valence-electron chi connectivity index (χ0n) is 11.5. The molecule has 2 N–H and O–H groups in total. The van der Waals surface area contributed by atoms with Crippen LogP contribution in [0.25, 0.3) is 11.0 Å². The number of nitrogens with zero attached hydrogens (tertiary/aromatic N) is 2. The van der Waals surface area contributed by atoms with Crippen molar-refractivity contribution in [1.82, 2.24) is 15.0 Å². The summed E-state index contributed by atoms with van der Waals surface area (Å²) in [7, 11) is 1.59. The second kappa shape index (κ2) is 6.15. The number of benzene rings is 1. The lowest BCUT2D eigenvalue weighted by molar-refractivity contribution is 0.272. The number of hydrogen-bond acceptors (Lipinski definition) is 5. The zero-order valence-corrected chi connectivity index (χ0v) is 12.4. The molecule has 0 aliphatic carbocycles. The molecule has 2 heterocycles. The molecule has 6 heteroatoms. The van der Waals surface area contributed by atoms with Crippen molar-refractivity contribution in [3.05, 3.63) is 47.8 Å². The van der Waals surface area contributed by atoms with E-state index in [2.05, 4.69) is 15.0 Å². The molecule has 21 heavy (non-hydrogen) atoms. The van der Waals surface area contributed by atoms with Gasteiger partial charge in [0.1, 0.15) is 5.75 Å². The average molecular weight is 301 g/mol. The van der Waals surface area contributed by atoms with Crippen molar-refractivity contribution in [2.24, 2.45) is 0 Å². The molecule has 0 radical (unpaired) electrons. The van der Waals surface area contributed by atoms with E-state index in [0.717, 1.165) is 27.4 Å². The Morgan fingerprint density at radius 1 is 1.29 bits per heavy atom. The Morgan fingerprint density at radius 3 is 2.90 bits per heavy atom. The van der Waals surface area contributed by atoms with Gasteiger partial charge >= 0.3 is 0 Å². The molecule has 0 amide bonds. The number of fused-ring (bicyclic) bond motifs is 1. The number of rotatable bonds is 5. The zero-order chi connectivity index (χ0) is 14.7. The van der Waals surface area contributed by atoms with Crippen LogP contribution in [-0.4, -0.2) is 27.2 Å². The minimum Gasteiger partial charge on any atom is -0.496 e. The Bertz CT molecular complexity index is 725. The SMILES string of the molecule is COc1ccnc(CSc2nc3ccccc3[nH]2)c1CO. The largest absolute Gasteiger partial charge is 0.496 e. The van der Waals surface area contributed by atoms with Crippen molar-refractivity contribution in [1.29, 1.82) is 0 Å². The van der Waals surface area contributed by atoms with Crippen LogP contribution in [0.3, 0.4) is 0 Å². The number of imidazole rings is 1. The number of aliphatic hydroxyl groups is 1. The third-order valence-electron chi connectivity index (χ3n) is 3.19. The van der Waals surface area contributed by atoms with Crippen LogP contribution in [0.1, 0.15) is 11.3 Å². The van der Waals surface area contributed by atoms with Crippen molar-refractivity contribution >= 4 is 22.8 Å². The second-order valence-electron chi connectivity index (χ2n) is 4.44. The van der Waals surface area contributed by atoms with Gasteiger partial charge in [0, 0.05) is 17.5 Å². The van der Waals surface area contributed by atoms with Gasteiger partial charge in [0.05, 0.1) is 30.4 Å². The highest BCUT2D eigenvalue weighted by Gasteiger charge is 2.11. The second-order valence-corrected chi connectivity index (χ2v) is 5.41. The maximum Gasteiger partial charge on any atom is 0.166 e. The minimum atomic E-state index is -0.0902. The van der Waals surface area contributed by atoms with Gasteiger partial charge in [0.25, 0.3) is 0 Å². The van der Waals surface area contributed by atoms with Crippen LogP contribution < -0.4 is 4.74 Å². The molecule has 2 aromatic heterocycles. The van der Waals surface area contributed by atoms with Gasteiger partial charge in [-0.25, -0.2) is 4.98 Å². The van der Waals surface area contributed by atoms with Gasteiger partial charge in [-0.1, -0.05) is 23.9 Å². The van der Waals surface area contributed by atoms with E-state index in [4.69, 9.17) is 4.74 Å². The molecular weight excluding hydrogens is 286 g/mol. The summed E-state index contributed by atoms with van der Waals surface area (Å²) < 4.78 is 5.24. The molecule has 3 aromatic rings. The van der Waals surface area contributed by atoms with E-state index in [1.807, 2.05) is 24.3 Å². The van der Waals surface area contributed by atoms with E-state index in [1.54, 1.807) is 31.1 Å². The predicted molar refractivity (Wildman–Crippen MR) is 82.4 cm³/mol. The first-order valence-corrected chi connectivity index (χ1v) is 7.49. The van der Waals surface area contributed by atoms with E-state index < -0.39 is 0 Å². The van der Waals surface area contributed by atoms with Gasteiger partial charge in [-0.2, -0.15) is 0 Å². The molecule has 0 unspecified atom stereocenters. The van der Waals surface area contributed by atoms with E-state index in [-0.39, 0.29) is 6.61 Å². The van der Waals surface area contributed by atoms with Crippen LogP contribution >= 0.6 is 11.8 Å². The fourth-order valence-corrected chi connectivity index (χ4v) is 3.00. The molecule has 5 nitrogen and oxygen atoms in total. The molecule has 0 saturated heterocycles. The van der Waals surface area contributed by atoms with Crippen molar-refractivity contribution in [2.45, 2.75) is 17.5 Å². The fourth-order valence-electron chi connectivity index (χ4n) is 2.13. The molecule has 0 saturated carbocycles. The molecule has 0 atom stereocenters. The topological polar surface area (TPSA) is 71.0 Å². The molecule has 0 aliphatic heterocycles. The Hall–Kier alpha value is -2.05. The monoisotopic (exact) mass is 301 g/mol. The lowest BCUT2D eigenvalue weighted by Crippen LogP contribution is -2.00. The molecule has 0 fully saturated rings. The highest BCUT2D eigenvalue weighted by Crippen LogP contribution is 2.27. The molecular formula is C15H15N3O2S. The summed E-state index contributed by atoms with van der Waals surface area (Å²) >= 11 is 1.55. The predicted octanol–water partition coefficient (Wildman–Crippen LogP) is 2.75. The quantitative estimate of drug-likeness (QED) is 0.709. The molecule has 0 bridgehead atoms. The number of nitrogens with one attached hydrogen (secondary N) is 1. The molecule has 3 rings (SSSR count). The van der Waals surface area contributed by atoms with Gasteiger partial charge in [0.2, 0.25) is 0 Å². The number of pyridine rings is 1. The Kier molecular flexibility index (Phi) is 4.08. The van der Waals surface area contributed by atoms with Crippen molar-refractivity contribution in [3.63, 3.8) is 0 Å². The van der Waals surface area contributed by atoms with E-state index in [9.17, 15) is 5.11 Å². The summed E-state index contributed by atoms with van der Waals surface area (Å²) in [4.78, 5) is 12.1. The van der Waals surface area contributed by atoms with Crippen LogP contribution in [-0.2, 0) is 12.4 Å². The summed E-state index contributed by atoms with van der Waals surface area (Å²) in [5, 5.41) is 10.3. The first-order chi connectivity index (χ1) is 10.3. The maximum absolute atomic E-state index is 9.49. The van der Waals surface area contributed by atoms with Crippen molar-refractivity contribution in [3.8, 4) is 5.75 Å². The lowest BCUT2D eigenvalue weighted by Gasteiger charge is -2.09. The van der Waals surface area contributed by atoms with Gasteiger partial charge in [-0.3, -0.25) is 4.98 Å². The molecule has 1 aromatic carbocycles. The van der Waals surface area contributed by atoms with Gasteiger partial charge in [-0.15, -0.1) is 0 Å². The Balaban J connectivity index is 1.81. The number of para-hydroxylation sites is 2. The number of thioether (sulfide) groups is 1. The Labute approximate surface area is 126 Å². The van der Waals surface area contributed by atoms with Gasteiger partial charge in [0.15, 0.2) is 5.16 Å². The molecule has 108 valence electrons. The van der Waals surface area contributed by atoms with Gasteiger partial charge in [-0.05, 0) is 18.2 Å². The van der Waals surface area contributed by atoms with Gasteiger partial charge < -0.3 is 14.8 Å². The van der Waals surface area contributed by atoms with Crippen molar-refractivity contribution in [2.75, 3.05) is 7.11 Å². The standard InChI is InChI=1S/C15H15N3O2S/c1-20-14-6-7-16-13(10(14)8-19)9-21-15-17-11-4-2-3-5-12(11)18-15/h2-7,19H,8-9H2,1H3,(H,17,18). The number of H-pyrrole nitrogens is 1. The summed E-state index contributed by atoms with van der Waals surface area (Å²) in [6.45, 7) is -0.0902. The number of aromatic amines is 1. The fraction of sp³-hybridized carbons (Fsp3) is 0.200. The lowest BCUT2D eigenvalue weighted by atomic mass is 10.2. The summed E-state index contributed by atoms with van der Waals surface area (Å²) in [6.07, 6.45) is 1.69. The van der Waals surface area contributed by atoms with Crippen LogP contribution in [0, 0.1) is 0 Å². The number of methoxy groups -OCH3 is 1. The summed E-state index contributed by atoms with van der Waals surface area (Å²) in [5.41, 5.74) is 3.49. The minimum absolute atomic E-state index is 0.0902. The number of hydrogen-bond donors (Lipinski definition) is 2. The normalized spacial score (nSPS) is 11.0. The molecule has 0 spiro atoms. The Morgan fingerprint density at radius 2 is 2.14 bits per heavy atom. The smallest absolute Gasteiger partial charge is 0.166 e. The summed E-state index contributed by atoms with van der Waals surface area (Å²) in [5.74, 6) is 1.28. The third-order valence-corrected chi connectivity index (χ3v) is 4.08. The first kappa shape index (κ1) is 13.9. The maximum atomic E-state index is 9.49. The number of aromatic nitrogens is 3. The van der Waals surface area contributed by atoms with Crippen LogP contribution in [0.5, 0.6) is 5.75 Å². The van der Waals surface area contributed by atoms with Crippen LogP contribution in [0.15, 0.2) is 41.7 Å². The van der Waals surface area contributed by atoms with E-state index >= 15 is 0 Å².